The van der Waals surface area contributed by atoms with Gasteiger partial charge in [0.25, 0.3) is 10.0 Å². The van der Waals surface area contributed by atoms with Crippen molar-refractivity contribution in [3.63, 3.8) is 0 Å². The Hall–Kier alpha value is -2.86. The van der Waals surface area contributed by atoms with Crippen LogP contribution in [0.3, 0.4) is 0 Å². The van der Waals surface area contributed by atoms with Gasteiger partial charge in [-0.05, 0) is 36.8 Å². The number of aryl methyl sites for hydroxylation is 1. The van der Waals surface area contributed by atoms with Gasteiger partial charge in [-0.2, -0.15) is 4.98 Å². The molecule has 0 bridgehead atoms. The van der Waals surface area contributed by atoms with Crippen molar-refractivity contribution in [2.75, 3.05) is 20.8 Å². The van der Waals surface area contributed by atoms with Gasteiger partial charge in [-0.25, -0.2) is 13.2 Å². The number of sulfonamides is 1. The van der Waals surface area contributed by atoms with Crippen LogP contribution in [0.15, 0.2) is 52.1 Å². The van der Waals surface area contributed by atoms with Gasteiger partial charge < -0.3 is 9.26 Å². The standard InChI is InChI=1S/C19H19ClN4O6S/c1-24(28-2)31(26,27)16-11-13(7-8-15(16)20)19(25)29-10-4-6-17-22-18(23-30-17)14-5-3-9-21-12-14/h3,5,7-9,11-12H,4,6,10H2,1-2H3. The molecule has 1 aromatic carbocycles. The van der Waals surface area contributed by atoms with Gasteiger partial charge in [0.05, 0.1) is 24.3 Å². The van der Waals surface area contributed by atoms with Gasteiger partial charge in [0.15, 0.2) is 0 Å². The molecule has 2 heterocycles. The van der Waals surface area contributed by atoms with E-state index >= 15 is 0 Å². The molecule has 0 aliphatic rings. The summed E-state index contributed by atoms with van der Waals surface area (Å²) in [5, 5.41) is 3.85. The molecule has 0 radical (unpaired) electrons. The van der Waals surface area contributed by atoms with Crippen molar-refractivity contribution in [1.82, 2.24) is 19.6 Å². The summed E-state index contributed by atoms with van der Waals surface area (Å²) in [5.41, 5.74) is 0.778. The fourth-order valence-electron chi connectivity index (χ4n) is 2.50. The normalized spacial score (nSPS) is 11.6. The molecule has 2 aromatic heterocycles. The first-order chi connectivity index (χ1) is 14.8. The van der Waals surface area contributed by atoms with Crippen molar-refractivity contribution in [3.8, 4) is 11.4 Å². The molecule has 0 unspecified atom stereocenters. The number of esters is 1. The lowest BCUT2D eigenvalue weighted by Gasteiger charge is -2.15. The van der Waals surface area contributed by atoms with Crippen molar-refractivity contribution in [2.45, 2.75) is 17.7 Å². The molecule has 0 saturated carbocycles. The van der Waals surface area contributed by atoms with E-state index in [4.69, 9.17) is 25.7 Å². The third-order valence-corrected chi connectivity index (χ3v) is 6.36. The summed E-state index contributed by atoms with van der Waals surface area (Å²) in [6, 6.07) is 7.43. The molecule has 0 amide bonds. The largest absolute Gasteiger partial charge is 0.462 e. The topological polar surface area (TPSA) is 125 Å². The molecule has 0 fully saturated rings. The number of nitrogens with zero attached hydrogens (tertiary/aromatic N) is 4. The molecule has 0 saturated heterocycles. The van der Waals surface area contributed by atoms with Crippen LogP contribution in [0.5, 0.6) is 0 Å². The third kappa shape index (κ3) is 5.44. The van der Waals surface area contributed by atoms with E-state index in [1.165, 1.54) is 26.3 Å². The molecule has 164 valence electrons. The molecule has 0 spiro atoms. The molecule has 0 aliphatic carbocycles. The SMILES string of the molecule is CON(C)S(=O)(=O)c1cc(C(=O)OCCCc2nc(-c3cccnc3)no2)ccc1Cl. The van der Waals surface area contributed by atoms with Crippen molar-refractivity contribution in [2.24, 2.45) is 0 Å². The van der Waals surface area contributed by atoms with Crippen LogP contribution in [0.2, 0.25) is 5.02 Å². The van der Waals surface area contributed by atoms with E-state index < -0.39 is 16.0 Å². The Morgan fingerprint density at radius 1 is 1.29 bits per heavy atom. The highest BCUT2D eigenvalue weighted by molar-refractivity contribution is 7.89. The smallest absolute Gasteiger partial charge is 0.338 e. The molecule has 0 aliphatic heterocycles. The van der Waals surface area contributed by atoms with Gasteiger partial charge >= 0.3 is 5.97 Å². The molecule has 0 N–H and O–H groups in total. The summed E-state index contributed by atoms with van der Waals surface area (Å²) >= 11 is 5.99. The second-order valence-corrected chi connectivity index (χ2v) is 8.55. The maximum Gasteiger partial charge on any atom is 0.338 e. The maximum absolute atomic E-state index is 12.4. The minimum atomic E-state index is -4.02. The number of pyridine rings is 1. The van der Waals surface area contributed by atoms with Gasteiger partial charge in [-0.3, -0.25) is 9.82 Å². The van der Waals surface area contributed by atoms with Crippen molar-refractivity contribution < 1.29 is 27.3 Å². The van der Waals surface area contributed by atoms with Crippen LogP contribution in [0.4, 0.5) is 0 Å². The van der Waals surface area contributed by atoms with Crippen molar-refractivity contribution in [3.05, 3.63) is 59.2 Å². The Morgan fingerprint density at radius 3 is 2.81 bits per heavy atom. The van der Waals surface area contributed by atoms with E-state index in [-0.39, 0.29) is 22.1 Å². The molecule has 12 heteroatoms. The van der Waals surface area contributed by atoms with E-state index in [1.54, 1.807) is 18.5 Å². The zero-order chi connectivity index (χ0) is 22.4. The van der Waals surface area contributed by atoms with E-state index in [2.05, 4.69) is 15.1 Å². The Kier molecular flexibility index (Phi) is 7.33. The lowest BCUT2D eigenvalue weighted by molar-refractivity contribution is -0.0258. The Bertz CT molecular complexity index is 1150. The zero-order valence-electron chi connectivity index (χ0n) is 16.7. The number of halogens is 1. The van der Waals surface area contributed by atoms with Crippen molar-refractivity contribution >= 4 is 27.6 Å². The number of carbonyl (C=O) groups excluding carboxylic acids is 1. The Balaban J connectivity index is 1.57. The first-order valence-corrected chi connectivity index (χ1v) is 10.9. The van der Waals surface area contributed by atoms with Crippen LogP contribution in [-0.4, -0.2) is 54.7 Å². The van der Waals surface area contributed by atoms with Crippen molar-refractivity contribution in [1.29, 1.82) is 0 Å². The van der Waals surface area contributed by atoms with Crippen LogP contribution < -0.4 is 0 Å². The molecular weight excluding hydrogens is 448 g/mol. The molecule has 10 nitrogen and oxygen atoms in total. The second-order valence-electron chi connectivity index (χ2n) is 6.24. The van der Waals surface area contributed by atoms with E-state index in [0.717, 1.165) is 11.6 Å². The Labute approximate surface area is 183 Å². The zero-order valence-corrected chi connectivity index (χ0v) is 18.3. The summed E-state index contributed by atoms with van der Waals surface area (Å²) in [4.78, 5) is 25.0. The minimum Gasteiger partial charge on any atom is -0.462 e. The molecule has 3 rings (SSSR count). The summed E-state index contributed by atoms with van der Waals surface area (Å²) in [6.07, 6.45) is 4.11. The highest BCUT2D eigenvalue weighted by Gasteiger charge is 2.25. The predicted molar refractivity (Wildman–Crippen MR) is 110 cm³/mol. The highest BCUT2D eigenvalue weighted by atomic mass is 35.5. The van der Waals surface area contributed by atoms with Crippen LogP contribution >= 0.6 is 11.6 Å². The monoisotopic (exact) mass is 466 g/mol. The van der Waals surface area contributed by atoms with E-state index in [9.17, 15) is 13.2 Å². The first-order valence-electron chi connectivity index (χ1n) is 9.05. The van der Waals surface area contributed by atoms with Gasteiger partial charge in [-0.1, -0.05) is 21.2 Å². The van der Waals surface area contributed by atoms with E-state index in [1.807, 2.05) is 6.07 Å². The fraction of sp³-hybridized carbons (Fsp3) is 0.263. The number of hydrogen-bond donors (Lipinski definition) is 0. The quantitative estimate of drug-likeness (QED) is 0.266. The van der Waals surface area contributed by atoms with Gasteiger partial charge in [0, 0.05) is 31.4 Å². The number of hydroxylamine groups is 1. The van der Waals surface area contributed by atoms with Crippen LogP contribution in [-0.2, 0) is 26.0 Å². The average Bonchev–Trinajstić information content (AvgIpc) is 3.25. The second kappa shape index (κ2) is 9.96. The summed E-state index contributed by atoms with van der Waals surface area (Å²) in [7, 11) is -1.60. The number of hydrogen-bond acceptors (Lipinski definition) is 9. The molecule has 31 heavy (non-hydrogen) atoms. The van der Waals surface area contributed by atoms with Gasteiger partial charge in [-0.15, -0.1) is 0 Å². The maximum atomic E-state index is 12.4. The average molecular weight is 467 g/mol. The molecular formula is C19H19ClN4O6S. The van der Waals surface area contributed by atoms with Crippen LogP contribution in [0, 0.1) is 0 Å². The lowest BCUT2D eigenvalue weighted by atomic mass is 10.2. The van der Waals surface area contributed by atoms with Gasteiger partial charge in [0.2, 0.25) is 11.7 Å². The number of benzene rings is 1. The van der Waals surface area contributed by atoms with Crippen LogP contribution in [0.1, 0.15) is 22.7 Å². The fourth-order valence-corrected chi connectivity index (χ4v) is 3.98. The number of rotatable bonds is 9. The Morgan fingerprint density at radius 2 is 2.10 bits per heavy atom. The predicted octanol–water partition coefficient (Wildman–Crippen LogP) is 2.76. The summed E-state index contributed by atoms with van der Waals surface area (Å²) in [5.74, 6) is 0.142. The number of ether oxygens (including phenoxy) is 1. The van der Waals surface area contributed by atoms with Crippen LogP contribution in [0.25, 0.3) is 11.4 Å². The third-order valence-electron chi connectivity index (χ3n) is 4.20. The molecule has 3 aromatic rings. The lowest BCUT2D eigenvalue weighted by Crippen LogP contribution is -2.26. The first kappa shape index (κ1) is 22.8. The molecule has 0 atom stereocenters. The van der Waals surface area contributed by atoms with Gasteiger partial charge in [0.1, 0.15) is 4.90 Å². The number of aromatic nitrogens is 3. The summed E-state index contributed by atoms with van der Waals surface area (Å²) < 4.78 is 35.9. The highest BCUT2D eigenvalue weighted by Crippen LogP contribution is 2.25. The number of carbonyl (C=O) groups is 1. The van der Waals surface area contributed by atoms with E-state index in [0.29, 0.717) is 29.0 Å². The minimum absolute atomic E-state index is 0.0405. The summed E-state index contributed by atoms with van der Waals surface area (Å²) in [6.45, 7) is 0.0755.